The zero-order chi connectivity index (χ0) is 34.3. The van der Waals surface area contributed by atoms with Crippen molar-refractivity contribution in [2.24, 2.45) is 0 Å². The lowest BCUT2D eigenvalue weighted by atomic mass is 9.76. The molecule has 0 heterocycles. The number of hydrogen-bond donors (Lipinski definition) is 0. The molecule has 2 aromatic carbocycles. The van der Waals surface area contributed by atoms with Crippen molar-refractivity contribution in [3.63, 3.8) is 0 Å². The topological polar surface area (TPSA) is 52.6 Å². The summed E-state index contributed by atoms with van der Waals surface area (Å²) in [6.07, 6.45) is 26.5. The molecule has 4 heteroatoms. The van der Waals surface area contributed by atoms with Crippen LogP contribution >= 0.6 is 0 Å². The molecule has 0 aromatic heterocycles. The van der Waals surface area contributed by atoms with Crippen molar-refractivity contribution in [3.8, 4) is 0 Å². The van der Waals surface area contributed by atoms with Gasteiger partial charge < -0.3 is 9.47 Å². The number of ether oxygens (including phenoxy) is 2. The molecule has 0 radical (unpaired) electrons. The van der Waals surface area contributed by atoms with Crippen LogP contribution in [0, 0.1) is 0 Å². The Bertz CT molecular complexity index is 937. The van der Waals surface area contributed by atoms with Crippen molar-refractivity contribution in [3.05, 3.63) is 71.8 Å². The third-order valence-corrected chi connectivity index (χ3v) is 9.76. The van der Waals surface area contributed by atoms with E-state index in [2.05, 4.69) is 74.5 Å². The normalized spacial score (nSPS) is 12.5. The fraction of sp³-hybridized carbons (Fsp3) is 0.682. The fourth-order valence-electron chi connectivity index (χ4n) is 6.86. The minimum atomic E-state index is -0.0279. The summed E-state index contributed by atoms with van der Waals surface area (Å²) in [6.45, 7) is 5.62. The van der Waals surface area contributed by atoms with Crippen LogP contribution in [0.4, 0.5) is 0 Å². The molecule has 2 aromatic rings. The Kier molecular flexibility index (Phi) is 25.4. The largest absolute Gasteiger partial charge is 0.466 e. The predicted molar refractivity (Wildman–Crippen MR) is 202 cm³/mol. The first kappa shape index (κ1) is 41.6. The Labute approximate surface area is 295 Å². The average Bonchev–Trinajstić information content (AvgIpc) is 3.11. The van der Waals surface area contributed by atoms with E-state index in [1.807, 2.05) is 0 Å². The van der Waals surface area contributed by atoms with E-state index in [9.17, 15) is 9.59 Å². The number of carbonyl (C=O) groups excluding carboxylic acids is 2. The van der Waals surface area contributed by atoms with E-state index in [-0.39, 0.29) is 11.9 Å². The summed E-state index contributed by atoms with van der Waals surface area (Å²) in [5.41, 5.74) is 2.86. The molecule has 0 saturated carbocycles. The van der Waals surface area contributed by atoms with Gasteiger partial charge in [-0.1, -0.05) is 177 Å². The lowest BCUT2D eigenvalue weighted by molar-refractivity contribution is -0.144. The lowest BCUT2D eigenvalue weighted by Gasteiger charge is -2.29. The molecule has 270 valence electrons. The van der Waals surface area contributed by atoms with Crippen LogP contribution in [0.1, 0.15) is 191 Å². The van der Waals surface area contributed by atoms with Crippen molar-refractivity contribution >= 4 is 11.9 Å². The molecule has 4 nitrogen and oxygen atoms in total. The first-order chi connectivity index (χ1) is 23.7. The summed E-state index contributed by atoms with van der Waals surface area (Å²) in [6, 6.07) is 22.1. The highest BCUT2D eigenvalue weighted by Gasteiger charge is 2.24. The van der Waals surface area contributed by atoms with Gasteiger partial charge in [0.25, 0.3) is 0 Å². The van der Waals surface area contributed by atoms with Gasteiger partial charge in [-0.3, -0.25) is 9.59 Å². The van der Waals surface area contributed by atoms with Gasteiger partial charge in [-0.25, -0.2) is 0 Å². The van der Waals surface area contributed by atoms with Gasteiger partial charge >= 0.3 is 11.9 Å². The van der Waals surface area contributed by atoms with Crippen LogP contribution in [0.3, 0.4) is 0 Å². The SMILES string of the molecule is CCCCCCCCOC(=O)CCCCCCC(c1ccccc1)C(CCCCCCC(=O)OCCCCCCCC)c1ccccc1. The van der Waals surface area contributed by atoms with Crippen LogP contribution in [0.15, 0.2) is 60.7 Å². The molecule has 0 spiro atoms. The average molecular weight is 663 g/mol. The van der Waals surface area contributed by atoms with Gasteiger partial charge in [0.15, 0.2) is 0 Å². The molecule has 0 amide bonds. The van der Waals surface area contributed by atoms with Crippen LogP contribution in [-0.4, -0.2) is 25.2 Å². The predicted octanol–water partition coefficient (Wildman–Crippen LogP) is 13.0. The maximum absolute atomic E-state index is 12.2. The van der Waals surface area contributed by atoms with Crippen molar-refractivity contribution < 1.29 is 19.1 Å². The second kappa shape index (κ2) is 29.3. The summed E-state index contributed by atoms with van der Waals surface area (Å²) >= 11 is 0. The molecular formula is C44H70O4. The number of carbonyl (C=O) groups is 2. The Hall–Kier alpha value is -2.62. The summed E-state index contributed by atoms with van der Waals surface area (Å²) < 4.78 is 11.0. The number of unbranched alkanes of at least 4 members (excludes halogenated alkanes) is 16. The Morgan fingerprint density at radius 3 is 1.17 bits per heavy atom. The lowest BCUT2D eigenvalue weighted by Crippen LogP contribution is -2.12. The molecule has 2 unspecified atom stereocenters. The van der Waals surface area contributed by atoms with E-state index in [1.54, 1.807) is 0 Å². The Morgan fingerprint density at radius 2 is 0.771 bits per heavy atom. The van der Waals surface area contributed by atoms with Crippen LogP contribution in [-0.2, 0) is 19.1 Å². The highest BCUT2D eigenvalue weighted by molar-refractivity contribution is 5.69. The minimum Gasteiger partial charge on any atom is -0.466 e. The molecule has 0 aliphatic carbocycles. The van der Waals surface area contributed by atoms with Crippen LogP contribution in [0.25, 0.3) is 0 Å². The quantitative estimate of drug-likeness (QED) is 0.0595. The molecule has 0 aliphatic rings. The van der Waals surface area contributed by atoms with Crippen molar-refractivity contribution in [1.29, 1.82) is 0 Å². The monoisotopic (exact) mass is 663 g/mol. The van der Waals surface area contributed by atoms with E-state index in [4.69, 9.17) is 9.47 Å². The number of esters is 2. The van der Waals surface area contributed by atoms with Gasteiger partial charge in [0.2, 0.25) is 0 Å². The smallest absolute Gasteiger partial charge is 0.305 e. The Balaban J connectivity index is 1.74. The maximum Gasteiger partial charge on any atom is 0.305 e. The highest BCUT2D eigenvalue weighted by Crippen LogP contribution is 2.40. The number of rotatable bonds is 31. The van der Waals surface area contributed by atoms with Gasteiger partial charge in [0.1, 0.15) is 0 Å². The Morgan fingerprint density at radius 1 is 0.438 bits per heavy atom. The van der Waals surface area contributed by atoms with Crippen molar-refractivity contribution in [1.82, 2.24) is 0 Å². The second-order valence-electron chi connectivity index (χ2n) is 13.9. The standard InChI is InChI=1S/C44H70O4/c1-3-5-7-9-15-27-37-47-43(45)35-25-13-11-23-33-41(39-29-19-17-20-30-39)42(40-31-21-18-22-32-40)34-24-12-14-26-36-44(46)48-38-28-16-10-8-6-4-2/h17-22,29-32,41-42H,3-16,23-28,33-38H2,1-2H3. The van der Waals surface area contributed by atoms with Crippen LogP contribution in [0.2, 0.25) is 0 Å². The molecule has 0 bridgehead atoms. The van der Waals surface area contributed by atoms with Gasteiger partial charge in [-0.2, -0.15) is 0 Å². The first-order valence-electron chi connectivity index (χ1n) is 20.1. The summed E-state index contributed by atoms with van der Waals surface area (Å²) in [5, 5.41) is 0. The van der Waals surface area contributed by atoms with Gasteiger partial charge in [0.05, 0.1) is 13.2 Å². The number of hydrogen-bond acceptors (Lipinski definition) is 4. The molecule has 0 saturated heterocycles. The van der Waals surface area contributed by atoms with Crippen LogP contribution < -0.4 is 0 Å². The van der Waals surface area contributed by atoms with E-state index in [0.717, 1.165) is 89.9 Å². The van der Waals surface area contributed by atoms with Gasteiger partial charge in [-0.05, 0) is 61.5 Å². The molecule has 0 aliphatic heterocycles. The summed E-state index contributed by atoms with van der Waals surface area (Å²) in [7, 11) is 0. The fourth-order valence-corrected chi connectivity index (χ4v) is 6.86. The maximum atomic E-state index is 12.2. The minimum absolute atomic E-state index is 0.0279. The molecule has 2 atom stereocenters. The van der Waals surface area contributed by atoms with Crippen molar-refractivity contribution in [2.75, 3.05) is 13.2 Å². The van der Waals surface area contributed by atoms with Crippen LogP contribution in [0.5, 0.6) is 0 Å². The molecule has 0 N–H and O–H groups in total. The van der Waals surface area contributed by atoms with E-state index >= 15 is 0 Å². The first-order valence-corrected chi connectivity index (χ1v) is 20.1. The third kappa shape index (κ3) is 20.7. The highest BCUT2D eigenvalue weighted by atomic mass is 16.5. The molecular weight excluding hydrogens is 592 g/mol. The van der Waals surface area contributed by atoms with E-state index in [0.29, 0.717) is 37.9 Å². The molecule has 48 heavy (non-hydrogen) atoms. The molecule has 2 rings (SSSR count). The third-order valence-electron chi connectivity index (χ3n) is 9.76. The van der Waals surface area contributed by atoms with Gasteiger partial charge in [-0.15, -0.1) is 0 Å². The zero-order valence-electron chi connectivity index (χ0n) is 30.9. The summed E-state index contributed by atoms with van der Waals surface area (Å²) in [5.74, 6) is 0.875. The van der Waals surface area contributed by atoms with E-state index < -0.39 is 0 Å². The molecule has 0 fully saturated rings. The number of benzene rings is 2. The van der Waals surface area contributed by atoms with Gasteiger partial charge in [0, 0.05) is 12.8 Å². The second-order valence-corrected chi connectivity index (χ2v) is 13.9. The van der Waals surface area contributed by atoms with Crippen molar-refractivity contribution in [2.45, 2.75) is 180 Å². The van der Waals surface area contributed by atoms with E-state index in [1.165, 1.54) is 62.5 Å². The summed E-state index contributed by atoms with van der Waals surface area (Å²) in [4.78, 5) is 24.4. The zero-order valence-corrected chi connectivity index (χ0v) is 30.9.